The molecule has 0 fully saturated rings. The summed E-state index contributed by atoms with van der Waals surface area (Å²) in [5, 5.41) is 10.0. The lowest BCUT2D eigenvalue weighted by Crippen LogP contribution is -1.96. The second-order valence-electron chi connectivity index (χ2n) is 1.86. The fourth-order valence-electron chi connectivity index (χ4n) is 0.740. The van der Waals surface area contributed by atoms with E-state index in [2.05, 4.69) is 4.74 Å². The topological polar surface area (TPSA) is 46.2 Å². The molecule has 3 nitrogen and oxygen atoms in total. The average molecular weight is 150 g/mol. The van der Waals surface area contributed by atoms with Crippen LogP contribution >= 0.6 is 0 Å². The number of carbonyl (C=O) groups excluding carboxylic acids is 1. The highest BCUT2D eigenvalue weighted by Gasteiger charge is 2.00. The van der Waals surface area contributed by atoms with Crippen molar-refractivity contribution in [3.05, 3.63) is 29.8 Å². The number of hydrogen-bond acceptors (Lipinski definition) is 2. The molecule has 3 heteroatoms. The summed E-state index contributed by atoms with van der Waals surface area (Å²) in [6, 6.07) is 6.46. The summed E-state index contributed by atoms with van der Waals surface area (Å²) in [5.74, 6) is 0.289. The van der Waals surface area contributed by atoms with Gasteiger partial charge in [-0.15, -0.1) is 0 Å². The van der Waals surface area contributed by atoms with Gasteiger partial charge in [-0.3, -0.25) is 4.79 Å². The molecule has 0 aromatic heterocycles. The van der Waals surface area contributed by atoms with Crippen molar-refractivity contribution >= 4 is 6.29 Å². The van der Waals surface area contributed by atoms with E-state index in [0.717, 1.165) is 0 Å². The Morgan fingerprint density at radius 1 is 1.36 bits per heavy atom. The van der Waals surface area contributed by atoms with Crippen molar-refractivity contribution in [3.63, 3.8) is 0 Å². The number of rotatable bonds is 3. The van der Waals surface area contributed by atoms with E-state index in [-0.39, 0.29) is 11.3 Å². The van der Waals surface area contributed by atoms with Crippen molar-refractivity contribution in [2.45, 2.75) is 0 Å². The van der Waals surface area contributed by atoms with E-state index in [0.29, 0.717) is 0 Å². The van der Waals surface area contributed by atoms with Gasteiger partial charge in [0.05, 0.1) is 5.56 Å². The zero-order valence-corrected chi connectivity index (χ0v) is 5.74. The van der Waals surface area contributed by atoms with Crippen LogP contribution in [0.5, 0.6) is 5.75 Å². The summed E-state index contributed by atoms with van der Waals surface area (Å²) in [6.07, 6.45) is 1.67. The zero-order chi connectivity index (χ0) is 8.10. The standard InChI is InChI=1S/C8H6O3/c9-5-7-3-1-2-4-8(7)11-6-10/h1-4H,6H2. The first-order chi connectivity index (χ1) is 5.38. The van der Waals surface area contributed by atoms with Gasteiger partial charge in [-0.05, 0) is 12.1 Å². The Bertz CT molecular complexity index is 245. The molecule has 0 aliphatic heterocycles. The highest BCUT2D eigenvalue weighted by atomic mass is 16.6. The third kappa shape index (κ3) is 1.78. The largest absolute Gasteiger partial charge is 0.464 e. The van der Waals surface area contributed by atoms with Crippen LogP contribution in [0.15, 0.2) is 24.3 Å². The van der Waals surface area contributed by atoms with Crippen LogP contribution in [-0.4, -0.2) is 13.1 Å². The van der Waals surface area contributed by atoms with E-state index < -0.39 is 6.79 Å². The van der Waals surface area contributed by atoms with Gasteiger partial charge < -0.3 is 4.74 Å². The second-order valence-corrected chi connectivity index (χ2v) is 1.86. The monoisotopic (exact) mass is 150 g/mol. The normalized spacial score (nSPS) is 9.18. The fraction of sp³-hybridized carbons (Fsp3) is 0.125. The molecule has 0 N–H and O–H groups in total. The zero-order valence-electron chi connectivity index (χ0n) is 5.74. The molecule has 1 rings (SSSR count). The van der Waals surface area contributed by atoms with Crippen LogP contribution in [0.1, 0.15) is 5.56 Å². The summed E-state index contributed by atoms with van der Waals surface area (Å²) in [6.45, 7) is -0.682. The Labute approximate surface area is 64.2 Å². The third-order valence-electron chi connectivity index (χ3n) is 1.21. The van der Waals surface area contributed by atoms with E-state index in [4.69, 9.17) is 0 Å². The lowest BCUT2D eigenvalue weighted by molar-refractivity contribution is 0.0375. The maximum Gasteiger partial charge on any atom is 0.237 e. The molecule has 11 heavy (non-hydrogen) atoms. The van der Waals surface area contributed by atoms with Crippen molar-refractivity contribution in [2.24, 2.45) is 0 Å². The van der Waals surface area contributed by atoms with Gasteiger partial charge in [0.1, 0.15) is 5.75 Å². The predicted molar refractivity (Wildman–Crippen MR) is 37.4 cm³/mol. The maximum atomic E-state index is 10.2. The summed E-state index contributed by atoms with van der Waals surface area (Å²) in [5.41, 5.74) is 0.281. The van der Waals surface area contributed by atoms with Crippen LogP contribution < -0.4 is 4.74 Å². The average Bonchev–Trinajstić information content (AvgIpc) is 2.06. The van der Waals surface area contributed by atoms with E-state index in [9.17, 15) is 9.90 Å². The van der Waals surface area contributed by atoms with Gasteiger partial charge in [0.25, 0.3) is 0 Å². The van der Waals surface area contributed by atoms with Gasteiger partial charge in [-0.2, -0.15) is 5.11 Å². The SMILES string of the molecule is [O]COc1ccccc1[C]=O. The van der Waals surface area contributed by atoms with Crippen molar-refractivity contribution in [1.82, 2.24) is 0 Å². The Morgan fingerprint density at radius 2 is 2.09 bits per heavy atom. The molecule has 0 aliphatic rings. The first kappa shape index (κ1) is 7.75. The molecule has 0 bridgehead atoms. The third-order valence-corrected chi connectivity index (χ3v) is 1.21. The Hall–Kier alpha value is -1.35. The van der Waals surface area contributed by atoms with Crippen LogP contribution in [-0.2, 0) is 9.90 Å². The van der Waals surface area contributed by atoms with Crippen LogP contribution in [0.2, 0.25) is 0 Å². The van der Waals surface area contributed by atoms with Crippen molar-refractivity contribution < 1.29 is 14.6 Å². The highest BCUT2D eigenvalue weighted by Crippen LogP contribution is 2.14. The first-order valence-electron chi connectivity index (χ1n) is 3.06. The van der Waals surface area contributed by atoms with Crippen LogP contribution in [0, 0.1) is 0 Å². The summed E-state index contributed by atoms with van der Waals surface area (Å²) >= 11 is 0. The summed E-state index contributed by atoms with van der Waals surface area (Å²) in [7, 11) is 0. The quantitative estimate of drug-likeness (QED) is 0.601. The molecule has 2 radical (unpaired) electrons. The van der Waals surface area contributed by atoms with Gasteiger partial charge in [-0.1, -0.05) is 12.1 Å². The Morgan fingerprint density at radius 3 is 2.73 bits per heavy atom. The molecule has 0 amide bonds. The van der Waals surface area contributed by atoms with E-state index in [1.165, 1.54) is 6.07 Å². The van der Waals surface area contributed by atoms with E-state index in [1.54, 1.807) is 24.5 Å². The van der Waals surface area contributed by atoms with Crippen LogP contribution in [0.3, 0.4) is 0 Å². The smallest absolute Gasteiger partial charge is 0.237 e. The summed E-state index contributed by atoms with van der Waals surface area (Å²) < 4.78 is 4.61. The molecule has 0 atom stereocenters. The number of benzene rings is 1. The minimum absolute atomic E-state index is 0.281. The lowest BCUT2D eigenvalue weighted by Gasteiger charge is -2.01. The lowest BCUT2D eigenvalue weighted by atomic mass is 10.2. The summed E-state index contributed by atoms with van der Waals surface area (Å²) in [4.78, 5) is 10.2. The molecule has 0 saturated heterocycles. The maximum absolute atomic E-state index is 10.2. The van der Waals surface area contributed by atoms with Gasteiger partial charge in [0, 0.05) is 0 Å². The van der Waals surface area contributed by atoms with Gasteiger partial charge in [0.15, 0.2) is 0 Å². The molecule has 0 aliphatic carbocycles. The van der Waals surface area contributed by atoms with Gasteiger partial charge in [0.2, 0.25) is 13.1 Å². The fourth-order valence-corrected chi connectivity index (χ4v) is 0.740. The van der Waals surface area contributed by atoms with Gasteiger partial charge in [-0.25, -0.2) is 0 Å². The van der Waals surface area contributed by atoms with Gasteiger partial charge >= 0.3 is 0 Å². The molecule has 0 heterocycles. The van der Waals surface area contributed by atoms with Crippen LogP contribution in [0.25, 0.3) is 0 Å². The molecular formula is C8H6O3. The molecule has 1 aromatic carbocycles. The van der Waals surface area contributed by atoms with E-state index in [1.807, 2.05) is 0 Å². The van der Waals surface area contributed by atoms with Crippen molar-refractivity contribution in [1.29, 1.82) is 0 Å². The minimum atomic E-state index is -0.682. The molecule has 0 saturated carbocycles. The number of hydrogen-bond donors (Lipinski definition) is 0. The minimum Gasteiger partial charge on any atom is -0.464 e. The number of ether oxygens (including phenoxy) is 1. The van der Waals surface area contributed by atoms with Crippen molar-refractivity contribution in [3.8, 4) is 5.75 Å². The molecule has 56 valence electrons. The van der Waals surface area contributed by atoms with E-state index >= 15 is 0 Å². The Kier molecular flexibility index (Phi) is 2.63. The second kappa shape index (κ2) is 3.73. The predicted octanol–water partition coefficient (Wildman–Crippen LogP) is 0.911. The number of para-hydroxylation sites is 1. The molecule has 1 aromatic rings. The first-order valence-corrected chi connectivity index (χ1v) is 3.06. The molecule has 0 unspecified atom stereocenters. The molecule has 0 spiro atoms. The van der Waals surface area contributed by atoms with Crippen molar-refractivity contribution in [2.75, 3.05) is 6.79 Å². The highest BCUT2D eigenvalue weighted by molar-refractivity contribution is 5.79. The van der Waals surface area contributed by atoms with Crippen LogP contribution in [0.4, 0.5) is 0 Å². The Balaban J connectivity index is 2.92. The molecular weight excluding hydrogens is 144 g/mol.